The van der Waals surface area contributed by atoms with E-state index < -0.39 is 11.9 Å². The molecule has 14 heavy (non-hydrogen) atoms. The molecule has 78 valence electrons. The number of carbonyl (C=O) groups excluding carboxylic acids is 2. The third-order valence-corrected chi connectivity index (χ3v) is 2.55. The van der Waals surface area contributed by atoms with Gasteiger partial charge in [0.2, 0.25) is 0 Å². The normalized spacial score (nSPS) is 19.3. The van der Waals surface area contributed by atoms with E-state index in [1.807, 2.05) is 0 Å². The van der Waals surface area contributed by atoms with Gasteiger partial charge in [-0.05, 0) is 30.4 Å². The number of hydrogen-bond acceptors (Lipinski definition) is 4. The summed E-state index contributed by atoms with van der Waals surface area (Å²) in [6.45, 7) is 0. The lowest BCUT2D eigenvalue weighted by Gasteiger charge is -2.25. The molecule has 0 bridgehead atoms. The second-order valence-corrected chi connectivity index (χ2v) is 3.54. The maximum atomic E-state index is 10.7. The molecule has 1 aliphatic carbocycles. The maximum Gasteiger partial charge on any atom is 0.0678 e. The van der Waals surface area contributed by atoms with Gasteiger partial charge in [-0.2, -0.15) is 0 Å². The molecule has 0 aromatic carbocycles. The molecule has 0 heterocycles. The Labute approximate surface area is 82.2 Å². The first-order valence-corrected chi connectivity index (χ1v) is 4.75. The number of carboxylic acid groups (broad SMARTS) is 2. The fraction of sp³-hybridized carbons (Fsp3) is 0.600. The van der Waals surface area contributed by atoms with E-state index in [2.05, 4.69) is 0 Å². The predicted molar refractivity (Wildman–Crippen MR) is 44.7 cm³/mol. The molecule has 0 radical (unpaired) electrons. The summed E-state index contributed by atoms with van der Waals surface area (Å²) in [5, 5.41) is 20.9. The van der Waals surface area contributed by atoms with Gasteiger partial charge in [0.1, 0.15) is 0 Å². The summed E-state index contributed by atoms with van der Waals surface area (Å²) in [5.74, 6) is -3.03. The number of aliphatic carboxylic acids is 2. The SMILES string of the molecule is O=C([O-])/C=C(\C(=O)[O-])C1CCCCC1. The van der Waals surface area contributed by atoms with Crippen molar-refractivity contribution in [3.63, 3.8) is 0 Å². The van der Waals surface area contributed by atoms with Crippen LogP contribution in [-0.2, 0) is 9.59 Å². The monoisotopic (exact) mass is 196 g/mol. The number of carbonyl (C=O) groups is 2. The zero-order chi connectivity index (χ0) is 10.6. The highest BCUT2D eigenvalue weighted by atomic mass is 16.4. The minimum atomic E-state index is -1.46. The third kappa shape index (κ3) is 2.87. The van der Waals surface area contributed by atoms with E-state index >= 15 is 0 Å². The van der Waals surface area contributed by atoms with Gasteiger partial charge in [-0.25, -0.2) is 0 Å². The van der Waals surface area contributed by atoms with E-state index in [0.29, 0.717) is 6.08 Å². The molecular formula is C10H12O4-2. The van der Waals surface area contributed by atoms with Crippen LogP contribution < -0.4 is 10.2 Å². The van der Waals surface area contributed by atoms with Crippen LogP contribution in [0.3, 0.4) is 0 Å². The Bertz CT molecular complexity index is 261. The number of carboxylic acids is 2. The van der Waals surface area contributed by atoms with Crippen molar-refractivity contribution in [2.24, 2.45) is 5.92 Å². The first-order valence-electron chi connectivity index (χ1n) is 4.75. The second-order valence-electron chi connectivity index (χ2n) is 3.54. The van der Waals surface area contributed by atoms with Crippen molar-refractivity contribution >= 4 is 11.9 Å². The largest absolute Gasteiger partial charge is 0.545 e. The van der Waals surface area contributed by atoms with Crippen molar-refractivity contribution in [1.82, 2.24) is 0 Å². The Morgan fingerprint density at radius 3 is 2.07 bits per heavy atom. The molecule has 4 heteroatoms. The third-order valence-electron chi connectivity index (χ3n) is 2.55. The molecule has 0 amide bonds. The summed E-state index contributed by atoms with van der Waals surface area (Å²) in [6.07, 6.45) is 5.10. The van der Waals surface area contributed by atoms with Gasteiger partial charge in [-0.3, -0.25) is 0 Å². The van der Waals surface area contributed by atoms with Gasteiger partial charge >= 0.3 is 0 Å². The van der Waals surface area contributed by atoms with Crippen LogP contribution in [0.4, 0.5) is 0 Å². The molecular weight excluding hydrogens is 184 g/mol. The van der Waals surface area contributed by atoms with E-state index in [-0.39, 0.29) is 11.5 Å². The quantitative estimate of drug-likeness (QED) is 0.542. The number of hydrogen-bond donors (Lipinski definition) is 0. The van der Waals surface area contributed by atoms with E-state index in [4.69, 9.17) is 0 Å². The molecule has 0 aromatic heterocycles. The second kappa shape index (κ2) is 4.79. The maximum absolute atomic E-state index is 10.7. The summed E-state index contributed by atoms with van der Waals surface area (Å²) in [6, 6.07) is 0. The summed E-state index contributed by atoms with van der Waals surface area (Å²) in [7, 11) is 0. The first kappa shape index (κ1) is 10.8. The van der Waals surface area contributed by atoms with Gasteiger partial charge in [0.25, 0.3) is 0 Å². The summed E-state index contributed by atoms with van der Waals surface area (Å²) < 4.78 is 0. The average Bonchev–Trinajstić information content (AvgIpc) is 2.15. The van der Waals surface area contributed by atoms with Gasteiger partial charge in [-0.1, -0.05) is 19.3 Å². The van der Waals surface area contributed by atoms with Gasteiger partial charge in [0, 0.05) is 0 Å². The van der Waals surface area contributed by atoms with Crippen LogP contribution >= 0.6 is 0 Å². The summed E-state index contributed by atoms with van der Waals surface area (Å²) in [5.41, 5.74) is -0.121. The highest BCUT2D eigenvalue weighted by molar-refractivity contribution is 5.93. The fourth-order valence-electron chi connectivity index (χ4n) is 1.88. The Morgan fingerprint density at radius 2 is 1.64 bits per heavy atom. The van der Waals surface area contributed by atoms with E-state index in [1.165, 1.54) is 0 Å². The van der Waals surface area contributed by atoms with Crippen molar-refractivity contribution in [2.75, 3.05) is 0 Å². The average molecular weight is 196 g/mol. The molecule has 1 saturated carbocycles. The van der Waals surface area contributed by atoms with Crippen LogP contribution in [0, 0.1) is 5.92 Å². The Kier molecular flexibility index (Phi) is 3.68. The molecule has 0 N–H and O–H groups in total. The number of rotatable bonds is 3. The minimum absolute atomic E-state index is 0.121. The topological polar surface area (TPSA) is 80.3 Å². The van der Waals surface area contributed by atoms with Crippen LogP contribution in [0.1, 0.15) is 32.1 Å². The molecule has 1 aliphatic rings. The fourth-order valence-corrected chi connectivity index (χ4v) is 1.88. The standard InChI is InChI=1S/C10H14O4/c11-9(12)6-8(10(13)14)7-4-2-1-3-5-7/h6-7H,1-5H2,(H,11,12)(H,13,14)/p-2/b8-6-. The summed E-state index contributed by atoms with van der Waals surface area (Å²) >= 11 is 0. The molecule has 0 spiro atoms. The van der Waals surface area contributed by atoms with Crippen molar-refractivity contribution in [3.05, 3.63) is 11.6 Å². The Hall–Kier alpha value is -1.32. The van der Waals surface area contributed by atoms with E-state index in [1.54, 1.807) is 0 Å². The van der Waals surface area contributed by atoms with Crippen LogP contribution in [0.5, 0.6) is 0 Å². The van der Waals surface area contributed by atoms with Crippen molar-refractivity contribution in [1.29, 1.82) is 0 Å². The van der Waals surface area contributed by atoms with Crippen LogP contribution in [0.25, 0.3) is 0 Å². The smallest absolute Gasteiger partial charge is 0.0678 e. The van der Waals surface area contributed by atoms with Crippen molar-refractivity contribution in [3.8, 4) is 0 Å². The molecule has 0 atom stereocenters. The van der Waals surface area contributed by atoms with E-state index in [9.17, 15) is 19.8 Å². The highest BCUT2D eigenvalue weighted by Gasteiger charge is 2.18. The van der Waals surface area contributed by atoms with E-state index in [0.717, 1.165) is 32.1 Å². The lowest BCUT2D eigenvalue weighted by Crippen LogP contribution is -2.32. The molecule has 1 rings (SSSR count). The van der Waals surface area contributed by atoms with Crippen LogP contribution in [0.15, 0.2) is 11.6 Å². The highest BCUT2D eigenvalue weighted by Crippen LogP contribution is 2.29. The minimum Gasteiger partial charge on any atom is -0.545 e. The lowest BCUT2D eigenvalue weighted by molar-refractivity contribution is -0.303. The van der Waals surface area contributed by atoms with Gasteiger partial charge in [0.05, 0.1) is 11.9 Å². The molecule has 4 nitrogen and oxygen atoms in total. The zero-order valence-corrected chi connectivity index (χ0v) is 7.82. The molecule has 0 unspecified atom stereocenters. The van der Waals surface area contributed by atoms with Crippen LogP contribution in [0.2, 0.25) is 0 Å². The van der Waals surface area contributed by atoms with Crippen LogP contribution in [-0.4, -0.2) is 11.9 Å². The Morgan fingerprint density at radius 1 is 1.07 bits per heavy atom. The van der Waals surface area contributed by atoms with Gasteiger partial charge in [0.15, 0.2) is 0 Å². The van der Waals surface area contributed by atoms with Gasteiger partial charge in [-0.15, -0.1) is 0 Å². The summed E-state index contributed by atoms with van der Waals surface area (Å²) in [4.78, 5) is 20.9. The van der Waals surface area contributed by atoms with Gasteiger partial charge < -0.3 is 19.8 Å². The molecule has 0 saturated heterocycles. The zero-order valence-electron chi connectivity index (χ0n) is 7.82. The Balaban J connectivity index is 2.76. The molecule has 1 fully saturated rings. The molecule has 0 aliphatic heterocycles. The lowest BCUT2D eigenvalue weighted by atomic mass is 9.83. The first-order chi connectivity index (χ1) is 6.61. The predicted octanol–water partition coefficient (Wildman–Crippen LogP) is -1.01. The van der Waals surface area contributed by atoms with Crippen molar-refractivity contribution < 1.29 is 19.8 Å². The van der Waals surface area contributed by atoms with Crippen molar-refractivity contribution in [2.45, 2.75) is 32.1 Å². The molecule has 0 aromatic rings.